The van der Waals surface area contributed by atoms with E-state index in [4.69, 9.17) is 27.9 Å². The Morgan fingerprint density at radius 2 is 2.18 bits per heavy atom. The van der Waals surface area contributed by atoms with Gasteiger partial charge >= 0.3 is 5.97 Å². The fourth-order valence-electron chi connectivity index (χ4n) is 1.83. The van der Waals surface area contributed by atoms with Crippen molar-refractivity contribution in [2.45, 2.75) is 25.4 Å². The Kier molecular flexibility index (Phi) is 3.92. The van der Waals surface area contributed by atoms with Crippen LogP contribution in [0, 0.1) is 0 Å². The zero-order chi connectivity index (χ0) is 12.4. The molecular formula is C12H13Cl2NO2. The Hall–Kier alpha value is -0.770. The summed E-state index contributed by atoms with van der Waals surface area (Å²) >= 11 is 11.8. The zero-order valence-electron chi connectivity index (χ0n) is 9.37. The molecule has 1 saturated heterocycles. The summed E-state index contributed by atoms with van der Waals surface area (Å²) in [6, 6.07) is 5.26. The van der Waals surface area contributed by atoms with Gasteiger partial charge in [0.15, 0.2) is 0 Å². The summed E-state index contributed by atoms with van der Waals surface area (Å²) < 4.78 is 4.90. The Morgan fingerprint density at radius 3 is 2.76 bits per heavy atom. The van der Waals surface area contributed by atoms with Crippen LogP contribution < -0.4 is 5.32 Å². The summed E-state index contributed by atoms with van der Waals surface area (Å²) in [5.41, 5.74) is 0.999. The van der Waals surface area contributed by atoms with Crippen LogP contribution in [0.1, 0.15) is 24.9 Å². The number of carbonyl (C=O) groups excluding carboxylic acids is 1. The number of hydrogen-bond donors (Lipinski definition) is 1. The second kappa shape index (κ2) is 5.25. The lowest BCUT2D eigenvalue weighted by atomic mass is 10.1. The molecule has 0 aliphatic carbocycles. The summed E-state index contributed by atoms with van der Waals surface area (Å²) in [5.74, 6) is -0.183. The average molecular weight is 274 g/mol. The third-order valence-corrected chi connectivity index (χ3v) is 3.57. The molecule has 1 aliphatic heterocycles. The smallest absolute Gasteiger partial charge is 0.323 e. The fourth-order valence-corrected chi connectivity index (χ4v) is 2.13. The van der Waals surface area contributed by atoms with Gasteiger partial charge in [0.25, 0.3) is 0 Å². The molecule has 1 N–H and O–H groups in total. The highest BCUT2D eigenvalue weighted by atomic mass is 35.5. The number of ether oxygens (including phenoxy) is 1. The second-order valence-electron chi connectivity index (χ2n) is 4.07. The van der Waals surface area contributed by atoms with Gasteiger partial charge < -0.3 is 4.74 Å². The van der Waals surface area contributed by atoms with Crippen LogP contribution in [-0.4, -0.2) is 18.6 Å². The molecule has 1 aromatic rings. The van der Waals surface area contributed by atoms with Crippen molar-refractivity contribution in [2.75, 3.05) is 6.61 Å². The number of carbonyl (C=O) groups is 1. The lowest BCUT2D eigenvalue weighted by Gasteiger charge is -2.17. The number of hydrogen-bond acceptors (Lipinski definition) is 3. The van der Waals surface area contributed by atoms with Crippen molar-refractivity contribution in [3.8, 4) is 0 Å². The summed E-state index contributed by atoms with van der Waals surface area (Å²) in [6.45, 7) is 2.47. The number of nitrogens with one attached hydrogen (secondary N) is 1. The molecule has 2 unspecified atom stereocenters. The predicted molar refractivity (Wildman–Crippen MR) is 67.4 cm³/mol. The van der Waals surface area contributed by atoms with E-state index in [9.17, 15) is 4.79 Å². The monoisotopic (exact) mass is 273 g/mol. The standard InChI is InChI=1S/C12H13Cl2NO2/c1-7(15-11-4-5-17-12(11)16)8-2-3-9(13)10(14)6-8/h2-3,6-7,11,15H,4-5H2,1H3. The molecule has 0 spiro atoms. The van der Waals surface area contributed by atoms with Crippen LogP contribution >= 0.6 is 23.2 Å². The maximum Gasteiger partial charge on any atom is 0.323 e. The van der Waals surface area contributed by atoms with Gasteiger partial charge in [-0.3, -0.25) is 10.1 Å². The van der Waals surface area contributed by atoms with Gasteiger partial charge in [-0.05, 0) is 24.6 Å². The highest BCUT2D eigenvalue weighted by molar-refractivity contribution is 6.42. The summed E-state index contributed by atoms with van der Waals surface area (Å²) in [7, 11) is 0. The molecule has 0 bridgehead atoms. The van der Waals surface area contributed by atoms with Gasteiger partial charge in [0, 0.05) is 12.5 Å². The van der Waals surface area contributed by atoms with E-state index in [1.54, 1.807) is 6.07 Å². The molecule has 0 aromatic heterocycles. The van der Waals surface area contributed by atoms with E-state index in [1.807, 2.05) is 19.1 Å². The highest BCUT2D eigenvalue weighted by Crippen LogP contribution is 2.26. The molecule has 92 valence electrons. The van der Waals surface area contributed by atoms with E-state index in [-0.39, 0.29) is 18.1 Å². The minimum Gasteiger partial charge on any atom is -0.464 e. The molecular weight excluding hydrogens is 261 g/mol. The van der Waals surface area contributed by atoms with Crippen molar-refractivity contribution in [2.24, 2.45) is 0 Å². The van der Waals surface area contributed by atoms with Crippen LogP contribution in [-0.2, 0) is 9.53 Å². The molecule has 0 radical (unpaired) electrons. The van der Waals surface area contributed by atoms with Crippen molar-refractivity contribution >= 4 is 29.2 Å². The van der Waals surface area contributed by atoms with Gasteiger partial charge in [0.1, 0.15) is 6.04 Å². The second-order valence-corrected chi connectivity index (χ2v) is 4.89. The summed E-state index contributed by atoms with van der Waals surface area (Å²) in [4.78, 5) is 11.3. The predicted octanol–water partition coefficient (Wildman–Crippen LogP) is 2.96. The first-order valence-corrected chi connectivity index (χ1v) is 6.21. The quantitative estimate of drug-likeness (QED) is 0.861. The topological polar surface area (TPSA) is 38.3 Å². The Labute approximate surface area is 110 Å². The first-order valence-electron chi connectivity index (χ1n) is 5.45. The van der Waals surface area contributed by atoms with Crippen LogP contribution in [0.5, 0.6) is 0 Å². The third kappa shape index (κ3) is 2.92. The number of cyclic esters (lactones) is 1. The molecule has 17 heavy (non-hydrogen) atoms. The fraction of sp³-hybridized carbons (Fsp3) is 0.417. The van der Waals surface area contributed by atoms with E-state index in [2.05, 4.69) is 5.32 Å². The van der Waals surface area contributed by atoms with Crippen LogP contribution in [0.4, 0.5) is 0 Å². The van der Waals surface area contributed by atoms with E-state index >= 15 is 0 Å². The largest absolute Gasteiger partial charge is 0.464 e. The maximum atomic E-state index is 11.3. The first-order chi connectivity index (χ1) is 8.08. The first kappa shape index (κ1) is 12.7. The molecule has 2 rings (SSSR count). The Bertz CT molecular complexity index is 437. The number of benzene rings is 1. The van der Waals surface area contributed by atoms with Gasteiger partial charge in [0.05, 0.1) is 16.7 Å². The van der Waals surface area contributed by atoms with Crippen molar-refractivity contribution in [3.05, 3.63) is 33.8 Å². The molecule has 1 aromatic carbocycles. The summed E-state index contributed by atoms with van der Waals surface area (Å²) in [6.07, 6.45) is 0.713. The van der Waals surface area contributed by atoms with Crippen LogP contribution in [0.15, 0.2) is 18.2 Å². The molecule has 1 fully saturated rings. The van der Waals surface area contributed by atoms with E-state index < -0.39 is 0 Å². The van der Waals surface area contributed by atoms with Gasteiger partial charge in [-0.2, -0.15) is 0 Å². The van der Waals surface area contributed by atoms with Crippen molar-refractivity contribution < 1.29 is 9.53 Å². The minimum atomic E-state index is -0.223. The van der Waals surface area contributed by atoms with Gasteiger partial charge in [-0.15, -0.1) is 0 Å². The molecule has 5 heteroatoms. The van der Waals surface area contributed by atoms with Crippen LogP contribution in [0.2, 0.25) is 10.0 Å². The SMILES string of the molecule is CC(NC1CCOC1=O)c1ccc(Cl)c(Cl)c1. The minimum absolute atomic E-state index is 0.0282. The zero-order valence-corrected chi connectivity index (χ0v) is 10.9. The molecule has 0 amide bonds. The molecule has 2 atom stereocenters. The Balaban J connectivity index is 2.06. The van der Waals surface area contributed by atoms with Crippen molar-refractivity contribution in [1.29, 1.82) is 0 Å². The van der Waals surface area contributed by atoms with Gasteiger partial charge in [-0.25, -0.2) is 0 Å². The lowest BCUT2D eigenvalue weighted by Crippen LogP contribution is -2.35. The van der Waals surface area contributed by atoms with Crippen molar-refractivity contribution in [1.82, 2.24) is 5.32 Å². The molecule has 1 aliphatic rings. The average Bonchev–Trinajstić information content (AvgIpc) is 2.68. The number of esters is 1. The Morgan fingerprint density at radius 1 is 1.41 bits per heavy atom. The van der Waals surface area contributed by atoms with Crippen LogP contribution in [0.25, 0.3) is 0 Å². The van der Waals surface area contributed by atoms with E-state index in [0.29, 0.717) is 23.1 Å². The van der Waals surface area contributed by atoms with Crippen LogP contribution in [0.3, 0.4) is 0 Å². The molecule has 3 nitrogen and oxygen atoms in total. The normalized spacial score (nSPS) is 21.4. The van der Waals surface area contributed by atoms with E-state index in [0.717, 1.165) is 5.56 Å². The summed E-state index contributed by atoms with van der Waals surface area (Å²) in [5, 5.41) is 4.27. The molecule has 1 heterocycles. The van der Waals surface area contributed by atoms with Gasteiger partial charge in [0.2, 0.25) is 0 Å². The maximum absolute atomic E-state index is 11.3. The third-order valence-electron chi connectivity index (χ3n) is 2.83. The van der Waals surface area contributed by atoms with Crippen molar-refractivity contribution in [3.63, 3.8) is 0 Å². The number of halogens is 2. The highest BCUT2D eigenvalue weighted by Gasteiger charge is 2.27. The lowest BCUT2D eigenvalue weighted by molar-refractivity contribution is -0.139. The molecule has 0 saturated carbocycles. The van der Waals surface area contributed by atoms with Gasteiger partial charge in [-0.1, -0.05) is 29.3 Å². The van der Waals surface area contributed by atoms with E-state index in [1.165, 1.54) is 0 Å². The number of rotatable bonds is 3.